The van der Waals surface area contributed by atoms with Crippen LogP contribution in [0.4, 0.5) is 10.6 Å². The first-order valence-electron chi connectivity index (χ1n) is 11.6. The van der Waals surface area contributed by atoms with Gasteiger partial charge in [0.05, 0.1) is 32.0 Å². The van der Waals surface area contributed by atoms with Crippen LogP contribution in [0.25, 0.3) is 0 Å². The summed E-state index contributed by atoms with van der Waals surface area (Å²) >= 11 is 0. The van der Waals surface area contributed by atoms with Crippen LogP contribution in [0.3, 0.4) is 0 Å². The highest BCUT2D eigenvalue weighted by molar-refractivity contribution is 6.04. The summed E-state index contributed by atoms with van der Waals surface area (Å²) in [7, 11) is 3.06. The number of carbonyl (C=O) groups is 2. The second-order valence-corrected chi connectivity index (χ2v) is 9.40. The smallest absolute Gasteiger partial charge is 0.318 e. The fourth-order valence-electron chi connectivity index (χ4n) is 4.76. The summed E-state index contributed by atoms with van der Waals surface area (Å²) in [4.78, 5) is 27.9. The summed E-state index contributed by atoms with van der Waals surface area (Å²) < 4.78 is 10.5. The molecule has 9 nitrogen and oxygen atoms in total. The quantitative estimate of drug-likeness (QED) is 0.500. The monoisotopic (exact) mass is 475 g/mol. The molecule has 3 N–H and O–H groups in total. The van der Waals surface area contributed by atoms with Gasteiger partial charge in [0.1, 0.15) is 0 Å². The van der Waals surface area contributed by atoms with E-state index >= 15 is 0 Å². The van der Waals surface area contributed by atoms with Crippen LogP contribution in [0.2, 0.25) is 0 Å². The Bertz CT molecular complexity index is 1270. The lowest BCUT2D eigenvalue weighted by Crippen LogP contribution is -2.47. The van der Waals surface area contributed by atoms with E-state index in [-0.39, 0.29) is 18.0 Å². The molecule has 2 aliphatic rings. The van der Waals surface area contributed by atoms with E-state index in [2.05, 4.69) is 33.0 Å². The number of methoxy groups -OCH3 is 2. The lowest BCUT2D eigenvalue weighted by atomic mass is 10.0. The van der Waals surface area contributed by atoms with Crippen LogP contribution in [0.1, 0.15) is 53.4 Å². The highest BCUT2D eigenvalue weighted by Crippen LogP contribution is 2.43. The molecular weight excluding hydrogens is 446 g/mol. The number of benzene rings is 2. The second-order valence-electron chi connectivity index (χ2n) is 9.40. The van der Waals surface area contributed by atoms with Gasteiger partial charge in [-0.3, -0.25) is 9.89 Å². The van der Waals surface area contributed by atoms with Gasteiger partial charge < -0.3 is 25.0 Å². The maximum absolute atomic E-state index is 13.2. The van der Waals surface area contributed by atoms with Crippen LogP contribution < -0.4 is 20.1 Å². The summed E-state index contributed by atoms with van der Waals surface area (Å²) in [6, 6.07) is 15.2. The number of aromatic nitrogens is 2. The molecule has 1 aliphatic carbocycles. The Labute approximate surface area is 203 Å². The molecule has 2 atom stereocenters. The van der Waals surface area contributed by atoms with Crippen LogP contribution in [0, 0.1) is 0 Å². The SMILES string of the molecule is COc1ccc(C(=O)Nc2n[nH]c3c2CN(C(=O)NC2CC2c2ccccc2)C3(C)C)cc1OC. The van der Waals surface area contributed by atoms with Crippen LogP contribution in [0.5, 0.6) is 11.5 Å². The molecule has 5 rings (SSSR count). The molecule has 0 bridgehead atoms. The van der Waals surface area contributed by atoms with E-state index in [4.69, 9.17) is 9.47 Å². The molecule has 1 aliphatic heterocycles. The number of rotatable bonds is 6. The molecule has 9 heteroatoms. The molecule has 2 heterocycles. The number of fused-ring (bicyclic) bond motifs is 1. The van der Waals surface area contributed by atoms with Crippen LogP contribution in [-0.2, 0) is 12.1 Å². The third-order valence-electron chi connectivity index (χ3n) is 6.92. The van der Waals surface area contributed by atoms with Gasteiger partial charge in [0.2, 0.25) is 0 Å². The number of H-pyrrole nitrogens is 1. The van der Waals surface area contributed by atoms with E-state index in [0.717, 1.165) is 17.7 Å². The molecular formula is C26H29N5O4. The summed E-state index contributed by atoms with van der Waals surface area (Å²) in [6.45, 7) is 4.28. The third kappa shape index (κ3) is 4.07. The Morgan fingerprint density at radius 2 is 1.83 bits per heavy atom. The van der Waals surface area contributed by atoms with Crippen LogP contribution in [-0.4, -0.2) is 47.3 Å². The summed E-state index contributed by atoms with van der Waals surface area (Å²) in [6.07, 6.45) is 0.934. The maximum Gasteiger partial charge on any atom is 0.318 e. The number of amides is 3. The van der Waals surface area contributed by atoms with Gasteiger partial charge in [-0.2, -0.15) is 5.10 Å². The minimum atomic E-state index is -0.601. The van der Waals surface area contributed by atoms with Crippen molar-refractivity contribution in [2.24, 2.45) is 0 Å². The molecule has 3 amide bonds. The zero-order chi connectivity index (χ0) is 24.7. The Kier molecular flexibility index (Phi) is 5.62. The number of aromatic amines is 1. The third-order valence-corrected chi connectivity index (χ3v) is 6.92. The van der Waals surface area contributed by atoms with Crippen molar-refractivity contribution < 1.29 is 19.1 Å². The number of anilines is 1. The molecule has 182 valence electrons. The molecule has 0 saturated heterocycles. The molecule has 1 fully saturated rings. The number of carbonyl (C=O) groups excluding carboxylic acids is 2. The average Bonchev–Trinajstić information content (AvgIpc) is 3.42. The van der Waals surface area contributed by atoms with Crippen molar-refractivity contribution >= 4 is 17.8 Å². The molecule has 35 heavy (non-hydrogen) atoms. The van der Waals surface area contributed by atoms with Gasteiger partial charge in [0.15, 0.2) is 17.3 Å². The Hall–Kier alpha value is -4.01. The summed E-state index contributed by atoms with van der Waals surface area (Å²) in [5, 5.41) is 13.4. The number of hydrogen-bond donors (Lipinski definition) is 3. The van der Waals surface area contributed by atoms with E-state index in [1.165, 1.54) is 12.7 Å². The number of hydrogen-bond acceptors (Lipinski definition) is 5. The maximum atomic E-state index is 13.2. The molecule has 2 aromatic carbocycles. The van der Waals surface area contributed by atoms with E-state index in [0.29, 0.717) is 35.3 Å². The fourth-order valence-corrected chi connectivity index (χ4v) is 4.76. The summed E-state index contributed by atoms with van der Waals surface area (Å²) in [5.41, 5.74) is 2.66. The first-order chi connectivity index (χ1) is 16.8. The predicted molar refractivity (Wildman–Crippen MR) is 131 cm³/mol. The first-order valence-corrected chi connectivity index (χ1v) is 11.6. The zero-order valence-electron chi connectivity index (χ0n) is 20.2. The van der Waals surface area contributed by atoms with E-state index in [1.807, 2.05) is 32.0 Å². The van der Waals surface area contributed by atoms with Gasteiger partial charge in [-0.25, -0.2) is 4.79 Å². The van der Waals surface area contributed by atoms with Gasteiger partial charge in [0, 0.05) is 23.1 Å². The van der Waals surface area contributed by atoms with Crippen molar-refractivity contribution in [2.75, 3.05) is 19.5 Å². The van der Waals surface area contributed by atoms with E-state index in [1.54, 1.807) is 30.2 Å². The van der Waals surface area contributed by atoms with Crippen LogP contribution >= 0.6 is 0 Å². The topological polar surface area (TPSA) is 109 Å². The zero-order valence-corrected chi connectivity index (χ0v) is 20.2. The number of nitrogens with one attached hydrogen (secondary N) is 3. The van der Waals surface area contributed by atoms with Gasteiger partial charge in [-0.15, -0.1) is 0 Å². The van der Waals surface area contributed by atoms with Crippen molar-refractivity contribution in [3.05, 3.63) is 70.9 Å². The fraction of sp³-hybridized carbons (Fsp3) is 0.346. The van der Waals surface area contributed by atoms with Crippen molar-refractivity contribution in [2.45, 2.75) is 44.3 Å². The van der Waals surface area contributed by atoms with Crippen molar-refractivity contribution in [3.63, 3.8) is 0 Å². The second kappa shape index (κ2) is 8.65. The lowest BCUT2D eigenvalue weighted by Gasteiger charge is -2.32. The van der Waals surface area contributed by atoms with Crippen molar-refractivity contribution in [3.8, 4) is 11.5 Å². The molecule has 1 saturated carbocycles. The van der Waals surface area contributed by atoms with E-state index < -0.39 is 5.54 Å². The standard InChI is InChI=1S/C26H29N5O4/c1-26(2)22-18(14-31(26)25(33)27-19-13-17(19)15-8-6-5-7-9-15)23(30-29-22)28-24(32)16-10-11-20(34-3)21(12-16)35-4/h5-12,17,19H,13-14H2,1-4H3,(H,27,33)(H2,28,29,30,32). The number of ether oxygens (including phenoxy) is 2. The number of urea groups is 1. The molecule has 1 aromatic heterocycles. The van der Waals surface area contributed by atoms with Gasteiger partial charge in [-0.05, 0) is 44.0 Å². The first kappa shape index (κ1) is 22.8. The van der Waals surface area contributed by atoms with Crippen LogP contribution in [0.15, 0.2) is 48.5 Å². The average molecular weight is 476 g/mol. The summed E-state index contributed by atoms with van der Waals surface area (Å²) in [5.74, 6) is 1.44. The number of nitrogens with zero attached hydrogens (tertiary/aromatic N) is 2. The molecule has 0 spiro atoms. The minimum absolute atomic E-state index is 0.125. The largest absolute Gasteiger partial charge is 0.493 e. The van der Waals surface area contributed by atoms with Gasteiger partial charge in [0.25, 0.3) is 5.91 Å². The Morgan fingerprint density at radius 3 is 2.54 bits per heavy atom. The Morgan fingerprint density at radius 1 is 1.09 bits per heavy atom. The normalized spacial score (nSPS) is 19.6. The van der Waals surface area contributed by atoms with Gasteiger partial charge >= 0.3 is 6.03 Å². The molecule has 2 unspecified atom stereocenters. The lowest BCUT2D eigenvalue weighted by molar-refractivity contribution is 0.102. The molecule has 3 aromatic rings. The Balaban J connectivity index is 1.28. The van der Waals surface area contributed by atoms with Crippen molar-refractivity contribution in [1.29, 1.82) is 0 Å². The highest BCUT2D eigenvalue weighted by Gasteiger charge is 2.46. The highest BCUT2D eigenvalue weighted by atomic mass is 16.5. The van der Waals surface area contributed by atoms with Gasteiger partial charge in [-0.1, -0.05) is 30.3 Å². The van der Waals surface area contributed by atoms with Crippen molar-refractivity contribution in [1.82, 2.24) is 20.4 Å². The minimum Gasteiger partial charge on any atom is -0.493 e. The molecule has 0 radical (unpaired) electrons. The van der Waals surface area contributed by atoms with E-state index in [9.17, 15) is 9.59 Å². The predicted octanol–water partition coefficient (Wildman–Crippen LogP) is 4.00.